The SMILES string of the molecule is N[C@@H]1CCCN(c2ccc(Cl)cc2[N+](=O)[O-])C1. The van der Waals surface area contributed by atoms with E-state index >= 15 is 0 Å². The highest BCUT2D eigenvalue weighted by Crippen LogP contribution is 2.32. The summed E-state index contributed by atoms with van der Waals surface area (Å²) in [5, 5.41) is 11.4. The van der Waals surface area contributed by atoms with Crippen molar-refractivity contribution >= 4 is 23.0 Å². The van der Waals surface area contributed by atoms with Gasteiger partial charge in [0.1, 0.15) is 5.69 Å². The van der Waals surface area contributed by atoms with Crippen molar-refractivity contribution < 1.29 is 4.92 Å². The molecule has 92 valence electrons. The first-order valence-electron chi connectivity index (χ1n) is 5.52. The van der Waals surface area contributed by atoms with Crippen LogP contribution in [0.2, 0.25) is 5.02 Å². The van der Waals surface area contributed by atoms with E-state index in [9.17, 15) is 10.1 Å². The van der Waals surface area contributed by atoms with Gasteiger partial charge in [-0.2, -0.15) is 0 Å². The average molecular weight is 256 g/mol. The third-order valence-electron chi connectivity index (χ3n) is 2.93. The number of nitro benzene ring substituents is 1. The van der Waals surface area contributed by atoms with Crippen molar-refractivity contribution in [2.75, 3.05) is 18.0 Å². The van der Waals surface area contributed by atoms with Crippen LogP contribution in [0, 0.1) is 10.1 Å². The van der Waals surface area contributed by atoms with E-state index in [-0.39, 0.29) is 11.7 Å². The number of piperidine rings is 1. The van der Waals surface area contributed by atoms with Gasteiger partial charge in [0.05, 0.1) is 4.92 Å². The fourth-order valence-corrected chi connectivity index (χ4v) is 2.31. The number of anilines is 1. The maximum absolute atomic E-state index is 11.0. The van der Waals surface area contributed by atoms with Crippen molar-refractivity contribution in [2.45, 2.75) is 18.9 Å². The van der Waals surface area contributed by atoms with Crippen molar-refractivity contribution in [3.8, 4) is 0 Å². The molecule has 0 aromatic heterocycles. The molecule has 2 N–H and O–H groups in total. The lowest BCUT2D eigenvalue weighted by molar-refractivity contribution is -0.384. The van der Waals surface area contributed by atoms with Crippen LogP contribution < -0.4 is 10.6 Å². The van der Waals surface area contributed by atoms with Crippen LogP contribution in [0.1, 0.15) is 12.8 Å². The average Bonchev–Trinajstić information content (AvgIpc) is 2.28. The van der Waals surface area contributed by atoms with Crippen LogP contribution in [0.25, 0.3) is 0 Å². The van der Waals surface area contributed by atoms with Crippen LogP contribution in [0.15, 0.2) is 18.2 Å². The van der Waals surface area contributed by atoms with Gasteiger partial charge >= 0.3 is 0 Å². The van der Waals surface area contributed by atoms with Crippen molar-refractivity contribution in [3.63, 3.8) is 0 Å². The summed E-state index contributed by atoms with van der Waals surface area (Å²) in [5.41, 5.74) is 6.53. The van der Waals surface area contributed by atoms with E-state index in [1.165, 1.54) is 6.07 Å². The normalized spacial score (nSPS) is 20.4. The molecule has 5 nitrogen and oxygen atoms in total. The summed E-state index contributed by atoms with van der Waals surface area (Å²) >= 11 is 5.78. The second-order valence-electron chi connectivity index (χ2n) is 4.24. The predicted molar refractivity (Wildman–Crippen MR) is 67.5 cm³/mol. The Kier molecular flexibility index (Phi) is 3.49. The third kappa shape index (κ3) is 2.68. The minimum Gasteiger partial charge on any atom is -0.364 e. The summed E-state index contributed by atoms with van der Waals surface area (Å²) in [5.74, 6) is 0. The third-order valence-corrected chi connectivity index (χ3v) is 3.17. The molecule has 6 heteroatoms. The van der Waals surface area contributed by atoms with E-state index in [0.29, 0.717) is 17.3 Å². The van der Waals surface area contributed by atoms with Gasteiger partial charge < -0.3 is 10.6 Å². The minimum absolute atomic E-state index is 0.0478. The molecule has 0 amide bonds. The summed E-state index contributed by atoms with van der Waals surface area (Å²) in [6.45, 7) is 1.46. The maximum Gasteiger partial charge on any atom is 0.294 e. The van der Waals surface area contributed by atoms with Crippen LogP contribution in [0.4, 0.5) is 11.4 Å². The smallest absolute Gasteiger partial charge is 0.294 e. The molecule has 1 saturated heterocycles. The van der Waals surface area contributed by atoms with Crippen LogP contribution >= 0.6 is 11.6 Å². The summed E-state index contributed by atoms with van der Waals surface area (Å²) in [6.07, 6.45) is 1.93. The van der Waals surface area contributed by atoms with Gasteiger partial charge in [-0.3, -0.25) is 10.1 Å². The van der Waals surface area contributed by atoms with Crippen LogP contribution in [-0.2, 0) is 0 Å². The fourth-order valence-electron chi connectivity index (χ4n) is 2.14. The first-order valence-corrected chi connectivity index (χ1v) is 5.90. The number of rotatable bonds is 2. The van der Waals surface area contributed by atoms with Gasteiger partial charge in [-0.05, 0) is 25.0 Å². The number of hydrogen-bond donors (Lipinski definition) is 1. The summed E-state index contributed by atoms with van der Waals surface area (Å²) < 4.78 is 0. The lowest BCUT2D eigenvalue weighted by Crippen LogP contribution is -2.43. The molecule has 1 aromatic rings. The Morgan fingerprint density at radius 1 is 1.53 bits per heavy atom. The highest BCUT2D eigenvalue weighted by atomic mass is 35.5. The first-order chi connectivity index (χ1) is 8.08. The lowest BCUT2D eigenvalue weighted by Gasteiger charge is -2.32. The molecular weight excluding hydrogens is 242 g/mol. The fraction of sp³-hybridized carbons (Fsp3) is 0.455. The van der Waals surface area contributed by atoms with Crippen molar-refractivity contribution in [1.29, 1.82) is 0 Å². The molecule has 0 radical (unpaired) electrons. The lowest BCUT2D eigenvalue weighted by atomic mass is 10.1. The number of nitrogens with two attached hydrogens (primary N) is 1. The highest BCUT2D eigenvalue weighted by molar-refractivity contribution is 6.30. The zero-order valence-electron chi connectivity index (χ0n) is 9.30. The molecule has 1 atom stereocenters. The molecular formula is C11H14ClN3O2. The number of hydrogen-bond acceptors (Lipinski definition) is 4. The van der Waals surface area contributed by atoms with Crippen LogP contribution in [0.5, 0.6) is 0 Å². The molecule has 0 unspecified atom stereocenters. The molecule has 1 heterocycles. The Hall–Kier alpha value is -1.33. The molecule has 2 rings (SSSR count). The Labute approximate surface area is 104 Å². The van der Waals surface area contributed by atoms with Gasteiger partial charge in [-0.25, -0.2) is 0 Å². The van der Waals surface area contributed by atoms with E-state index in [0.717, 1.165) is 19.4 Å². The Morgan fingerprint density at radius 3 is 2.94 bits per heavy atom. The van der Waals surface area contributed by atoms with Crippen molar-refractivity contribution in [3.05, 3.63) is 33.3 Å². The monoisotopic (exact) mass is 255 g/mol. The number of benzene rings is 1. The largest absolute Gasteiger partial charge is 0.364 e. The molecule has 0 aliphatic carbocycles. The molecule has 1 aliphatic heterocycles. The Morgan fingerprint density at radius 2 is 2.29 bits per heavy atom. The molecule has 1 aliphatic rings. The summed E-state index contributed by atoms with van der Waals surface area (Å²) in [7, 11) is 0. The van der Waals surface area contributed by atoms with Crippen LogP contribution in [0.3, 0.4) is 0 Å². The van der Waals surface area contributed by atoms with Gasteiger partial charge in [-0.15, -0.1) is 0 Å². The molecule has 1 aromatic carbocycles. The predicted octanol–water partition coefficient (Wildman–Crippen LogP) is 2.18. The van der Waals surface area contributed by atoms with Crippen molar-refractivity contribution in [1.82, 2.24) is 0 Å². The zero-order chi connectivity index (χ0) is 12.4. The van der Waals surface area contributed by atoms with E-state index < -0.39 is 4.92 Å². The Balaban J connectivity index is 2.33. The van der Waals surface area contributed by atoms with E-state index in [2.05, 4.69) is 0 Å². The highest BCUT2D eigenvalue weighted by Gasteiger charge is 2.23. The maximum atomic E-state index is 11.0. The zero-order valence-corrected chi connectivity index (χ0v) is 10.1. The second-order valence-corrected chi connectivity index (χ2v) is 4.67. The molecule has 0 saturated carbocycles. The minimum atomic E-state index is -0.401. The molecule has 0 spiro atoms. The van der Waals surface area contributed by atoms with E-state index in [1.54, 1.807) is 12.1 Å². The molecule has 1 fully saturated rings. The van der Waals surface area contributed by atoms with Gasteiger partial charge in [0.25, 0.3) is 5.69 Å². The summed E-state index contributed by atoms with van der Waals surface area (Å²) in [4.78, 5) is 12.5. The van der Waals surface area contributed by atoms with E-state index in [4.69, 9.17) is 17.3 Å². The van der Waals surface area contributed by atoms with Gasteiger partial charge in [-0.1, -0.05) is 11.6 Å². The topological polar surface area (TPSA) is 72.4 Å². The molecule has 0 bridgehead atoms. The van der Waals surface area contributed by atoms with Gasteiger partial charge in [0.2, 0.25) is 0 Å². The quantitative estimate of drug-likeness (QED) is 0.649. The van der Waals surface area contributed by atoms with Gasteiger partial charge in [0, 0.05) is 30.2 Å². The standard InChI is InChI=1S/C11H14ClN3O2/c12-8-3-4-10(11(6-8)15(16)17)14-5-1-2-9(13)7-14/h3-4,6,9H,1-2,5,7,13H2/t9-/m1/s1. The number of halogens is 1. The summed E-state index contributed by atoms with van der Waals surface area (Å²) in [6, 6.07) is 4.83. The number of nitro groups is 1. The molecule has 17 heavy (non-hydrogen) atoms. The first kappa shape index (κ1) is 12.1. The van der Waals surface area contributed by atoms with Gasteiger partial charge in [0.15, 0.2) is 0 Å². The second kappa shape index (κ2) is 4.89. The number of nitrogens with zero attached hydrogens (tertiary/aromatic N) is 2. The van der Waals surface area contributed by atoms with E-state index in [1.807, 2.05) is 4.90 Å². The Bertz CT molecular complexity index is 439. The van der Waals surface area contributed by atoms with Crippen molar-refractivity contribution in [2.24, 2.45) is 5.73 Å². The van der Waals surface area contributed by atoms with Crippen LogP contribution in [-0.4, -0.2) is 24.1 Å².